The average molecular weight is 1280 g/mol. The predicted molar refractivity (Wildman–Crippen MR) is 283 cm³/mol. The second-order valence-electron chi connectivity index (χ2n) is 18.5. The topological polar surface area (TPSA) is 554 Å². The molecule has 0 unspecified atom stereocenters. The monoisotopic (exact) mass is 1280 g/mol. The lowest BCUT2D eigenvalue weighted by atomic mass is 10.2. The molecule has 32 nitrogen and oxygen atoms in total. The van der Waals surface area contributed by atoms with Crippen molar-refractivity contribution in [2.45, 2.75) is 151 Å². The number of nitrogens with zero attached hydrogens (tertiary/aromatic N) is 4. The summed E-state index contributed by atoms with van der Waals surface area (Å²) in [7, 11) is -36.0. The molecule has 0 aromatic rings. The summed E-state index contributed by atoms with van der Waals surface area (Å²) in [5.74, 6) is 0. The van der Waals surface area contributed by atoms with Crippen molar-refractivity contribution in [2.75, 3.05) is 80.5 Å². The Bertz CT molecular complexity index is 1650. The van der Waals surface area contributed by atoms with E-state index in [1.165, 1.54) is 0 Å². The highest BCUT2D eigenvalue weighted by molar-refractivity contribution is 7.73. The standard InChI is InChI=1S/4C9H23NO7P2/c4*1-3-4-5-7-10(2)8-6-9(11,18(12,13)14)19(15,16)17/h4*11H,3-8H2,1-2H3,(H2,12,13,14)(H2,15,16,17). The van der Waals surface area contributed by atoms with E-state index in [-0.39, 0.29) is 26.2 Å². The Kier molecular flexibility index (Phi) is 39.4. The molecule has 0 aliphatic rings. The van der Waals surface area contributed by atoms with Crippen molar-refractivity contribution < 1.29 is 135 Å². The van der Waals surface area contributed by atoms with E-state index in [4.69, 9.17) is 78.3 Å². The third-order valence-corrected chi connectivity index (χ3v) is 27.1. The second-order valence-corrected chi connectivity index (χ2v) is 34.5. The van der Waals surface area contributed by atoms with Crippen molar-refractivity contribution in [3.8, 4) is 0 Å². The minimum atomic E-state index is -5.33. The van der Waals surface area contributed by atoms with Gasteiger partial charge in [0.25, 0.3) is 20.3 Å². The molecule has 0 saturated carbocycles. The van der Waals surface area contributed by atoms with E-state index >= 15 is 0 Å². The predicted octanol–water partition coefficient (Wildman–Crippen LogP) is 2.00. The van der Waals surface area contributed by atoms with E-state index in [0.717, 1.165) is 77.0 Å². The molecular formula is C36H92N4O28P8. The summed E-state index contributed by atoms with van der Waals surface area (Å²) in [4.78, 5) is 150. The maximum Gasteiger partial charge on any atom is 0.369 e. The first-order valence-electron chi connectivity index (χ1n) is 23.9. The van der Waals surface area contributed by atoms with Crippen molar-refractivity contribution in [3.63, 3.8) is 0 Å². The molecule has 0 spiro atoms. The van der Waals surface area contributed by atoms with Gasteiger partial charge < -0.3 is 118 Å². The van der Waals surface area contributed by atoms with Gasteiger partial charge in [0.2, 0.25) is 0 Å². The number of hydrogen-bond acceptors (Lipinski definition) is 16. The van der Waals surface area contributed by atoms with E-state index in [0.29, 0.717) is 26.2 Å². The first kappa shape index (κ1) is 83.3. The van der Waals surface area contributed by atoms with Crippen molar-refractivity contribution in [2.24, 2.45) is 0 Å². The van der Waals surface area contributed by atoms with Gasteiger partial charge in [0.1, 0.15) is 0 Å². The van der Waals surface area contributed by atoms with E-state index in [2.05, 4.69) is 0 Å². The molecule has 0 rings (SSSR count). The molecule has 464 valence electrons. The molecule has 0 fully saturated rings. The molecule has 0 saturated heterocycles. The lowest BCUT2D eigenvalue weighted by Crippen LogP contribution is -2.34. The zero-order chi connectivity index (χ0) is 61.3. The van der Waals surface area contributed by atoms with Gasteiger partial charge in [-0.1, -0.05) is 79.1 Å². The van der Waals surface area contributed by atoms with Crippen LogP contribution in [0.15, 0.2) is 0 Å². The van der Waals surface area contributed by atoms with Crippen LogP contribution in [0, 0.1) is 0 Å². The van der Waals surface area contributed by atoms with Gasteiger partial charge in [-0.25, -0.2) is 0 Å². The van der Waals surface area contributed by atoms with Crippen LogP contribution in [-0.4, -0.2) is 219 Å². The van der Waals surface area contributed by atoms with E-state index in [9.17, 15) is 56.9 Å². The summed E-state index contributed by atoms with van der Waals surface area (Å²) in [5, 5.41) is 25.4. The lowest BCUT2D eigenvalue weighted by molar-refractivity contribution is 0.111. The van der Waals surface area contributed by atoms with E-state index in [1.54, 1.807) is 47.8 Å². The summed E-state index contributed by atoms with van der Waals surface area (Å²) < 4.78 is 88.9. The molecule has 0 bridgehead atoms. The van der Waals surface area contributed by atoms with Crippen LogP contribution in [0.5, 0.6) is 0 Å². The van der Waals surface area contributed by atoms with E-state index in [1.807, 2.05) is 27.7 Å². The molecule has 76 heavy (non-hydrogen) atoms. The van der Waals surface area contributed by atoms with Crippen LogP contribution < -0.4 is 0 Å². The van der Waals surface area contributed by atoms with Gasteiger partial charge in [0, 0.05) is 51.9 Å². The van der Waals surface area contributed by atoms with Gasteiger partial charge in [-0.3, -0.25) is 36.5 Å². The van der Waals surface area contributed by atoms with Crippen molar-refractivity contribution in [1.82, 2.24) is 19.6 Å². The van der Waals surface area contributed by atoms with E-state index < -0.39 is 107 Å². The van der Waals surface area contributed by atoms with Crippen LogP contribution in [-0.2, 0) is 36.5 Å². The van der Waals surface area contributed by atoms with Crippen molar-refractivity contribution in [1.29, 1.82) is 0 Å². The summed E-state index contributed by atoms with van der Waals surface area (Å²) in [6.45, 7) is 10.6. The molecule has 0 radical (unpaired) electrons. The zero-order valence-corrected chi connectivity index (χ0v) is 51.7. The molecule has 0 aliphatic heterocycles. The number of rotatable bonds is 36. The van der Waals surface area contributed by atoms with Gasteiger partial charge >= 0.3 is 60.8 Å². The highest BCUT2D eigenvalue weighted by Crippen LogP contribution is 2.71. The SMILES string of the molecule is CCCCCN(C)CCC(O)(P(=O)(O)O)P(=O)(O)O.CCCCCN(C)CCC(O)(P(=O)(O)O)P(=O)(O)O.CCCCCN(C)CCC(O)(P(=O)(O)O)P(=O)(O)O.CCCCCN(C)CCC(O)(P(=O)(O)O)P(=O)(O)O. The third kappa shape index (κ3) is 29.9. The fraction of sp³-hybridized carbons (Fsp3) is 1.00. The number of unbranched alkanes of at least 4 members (excludes halogenated alkanes) is 8. The van der Waals surface area contributed by atoms with Crippen LogP contribution in [0.1, 0.15) is 130 Å². The molecule has 20 N–H and O–H groups in total. The molecule has 0 aromatic heterocycles. The second kappa shape index (κ2) is 35.9. The minimum absolute atomic E-state index is 0.0174. The quantitative estimate of drug-likeness (QED) is 0.0315. The van der Waals surface area contributed by atoms with Gasteiger partial charge in [-0.2, -0.15) is 0 Å². The summed E-state index contributed by atoms with van der Waals surface area (Å²) in [5.41, 5.74) is 0. The Balaban J connectivity index is -0.000000455. The molecular weight excluding hydrogens is 1180 g/mol. The van der Waals surface area contributed by atoms with Gasteiger partial charge in [-0.15, -0.1) is 0 Å². The van der Waals surface area contributed by atoms with Crippen LogP contribution >= 0.6 is 60.8 Å². The van der Waals surface area contributed by atoms with Crippen LogP contribution in [0.2, 0.25) is 0 Å². The maximum absolute atomic E-state index is 11.1. The van der Waals surface area contributed by atoms with Crippen LogP contribution in [0.4, 0.5) is 0 Å². The minimum Gasteiger partial charge on any atom is -0.367 e. The average Bonchev–Trinajstić information content (AvgIpc) is 3.23. The smallest absolute Gasteiger partial charge is 0.367 e. The highest BCUT2D eigenvalue weighted by Gasteiger charge is 2.61. The van der Waals surface area contributed by atoms with Gasteiger partial charge in [-0.05, 0) is 80.1 Å². The highest BCUT2D eigenvalue weighted by atomic mass is 31.3. The Morgan fingerprint density at radius 1 is 0.250 bits per heavy atom. The van der Waals surface area contributed by atoms with Crippen molar-refractivity contribution in [3.05, 3.63) is 0 Å². The third-order valence-electron chi connectivity index (χ3n) is 11.6. The lowest BCUT2D eigenvalue weighted by Gasteiger charge is -2.30. The van der Waals surface area contributed by atoms with Crippen molar-refractivity contribution >= 4 is 60.8 Å². The fourth-order valence-corrected chi connectivity index (χ4v) is 14.7. The number of aliphatic hydroxyl groups is 4. The Labute approximate surface area is 445 Å². The largest absolute Gasteiger partial charge is 0.369 e. The Hall–Kier alpha value is 0.880. The first-order chi connectivity index (χ1) is 33.8. The molecule has 0 amide bonds. The molecule has 0 aromatic carbocycles. The summed E-state index contributed by atoms with van der Waals surface area (Å²) >= 11 is 0. The molecule has 0 aliphatic carbocycles. The Morgan fingerprint density at radius 2 is 0.368 bits per heavy atom. The summed E-state index contributed by atoms with van der Waals surface area (Å²) in [6.07, 6.45) is 8.76. The normalized spacial score (nSPS) is 14.1. The summed E-state index contributed by atoms with van der Waals surface area (Å²) in [6, 6.07) is 0. The Morgan fingerprint density at radius 3 is 0.461 bits per heavy atom. The molecule has 40 heteroatoms. The molecule has 0 atom stereocenters. The molecule has 0 heterocycles. The maximum atomic E-state index is 11.1. The van der Waals surface area contributed by atoms with Crippen LogP contribution in [0.3, 0.4) is 0 Å². The van der Waals surface area contributed by atoms with Gasteiger partial charge in [0.15, 0.2) is 0 Å². The first-order valence-corrected chi connectivity index (χ1v) is 36.8. The fourth-order valence-electron chi connectivity index (χ4n) is 6.18. The van der Waals surface area contributed by atoms with Crippen LogP contribution in [0.25, 0.3) is 0 Å². The van der Waals surface area contributed by atoms with Gasteiger partial charge in [0.05, 0.1) is 0 Å². The zero-order valence-electron chi connectivity index (χ0n) is 44.5. The number of hydrogen-bond donors (Lipinski definition) is 20.